The van der Waals surface area contributed by atoms with Gasteiger partial charge in [0.1, 0.15) is 11.6 Å². The minimum Gasteiger partial charge on any atom is -0.507 e. The Balaban J connectivity index is 1.79. The van der Waals surface area contributed by atoms with Crippen LogP contribution in [-0.4, -0.2) is 5.11 Å². The molecule has 1 aliphatic rings. The zero-order valence-corrected chi connectivity index (χ0v) is 13.2. The molecule has 0 heterocycles. The van der Waals surface area contributed by atoms with Crippen molar-refractivity contribution in [3.8, 4) is 5.75 Å². The molecule has 2 atom stereocenters. The summed E-state index contributed by atoms with van der Waals surface area (Å²) in [6, 6.07) is 12.4. The number of hydrogen-bond donors (Lipinski definition) is 1. The second-order valence-corrected chi connectivity index (χ2v) is 6.80. The van der Waals surface area contributed by atoms with Gasteiger partial charge in [0.2, 0.25) is 0 Å². The van der Waals surface area contributed by atoms with Gasteiger partial charge in [-0.2, -0.15) is 0 Å². The van der Waals surface area contributed by atoms with E-state index in [2.05, 4.69) is 24.3 Å². The molecule has 2 aromatic rings. The van der Waals surface area contributed by atoms with Gasteiger partial charge in [0.15, 0.2) is 0 Å². The van der Waals surface area contributed by atoms with E-state index in [1.807, 2.05) is 18.2 Å². The quantitative estimate of drug-likeness (QED) is 0.851. The van der Waals surface area contributed by atoms with Crippen LogP contribution < -0.4 is 10.6 Å². The molecule has 0 bridgehead atoms. The molecule has 0 saturated carbocycles. The molecule has 22 heavy (non-hydrogen) atoms. The Morgan fingerprint density at radius 2 is 1.95 bits per heavy atom. The third-order valence-electron chi connectivity index (χ3n) is 3.77. The van der Waals surface area contributed by atoms with Gasteiger partial charge in [0.25, 0.3) is 0 Å². The van der Waals surface area contributed by atoms with Crippen molar-refractivity contribution in [2.24, 2.45) is 5.92 Å². The van der Waals surface area contributed by atoms with Crippen LogP contribution in [0.2, 0.25) is 0 Å². The van der Waals surface area contributed by atoms with Gasteiger partial charge in [-0.1, -0.05) is 57.2 Å². The molecule has 0 spiro atoms. The monoisotopic (exact) mass is 312 g/mol. The number of aromatic hydroxyl groups is 1. The lowest BCUT2D eigenvalue weighted by molar-refractivity contribution is 0.479. The van der Waals surface area contributed by atoms with Gasteiger partial charge < -0.3 is 5.11 Å². The van der Waals surface area contributed by atoms with Gasteiger partial charge in [0.05, 0.1) is 0 Å². The molecule has 0 radical (unpaired) electrons. The van der Waals surface area contributed by atoms with Crippen LogP contribution in [0, 0.1) is 11.7 Å². The highest BCUT2D eigenvalue weighted by molar-refractivity contribution is 7.55. The number of benzene rings is 2. The summed E-state index contributed by atoms with van der Waals surface area (Å²) in [5.74, 6) is 0.523. The average Bonchev–Trinajstić information content (AvgIpc) is 2.54. The number of hydrogen-bond acceptors (Lipinski definition) is 1. The first kappa shape index (κ1) is 15.0. The average molecular weight is 312 g/mol. The van der Waals surface area contributed by atoms with Crippen LogP contribution in [0.5, 0.6) is 5.75 Å². The lowest BCUT2D eigenvalue weighted by atomic mass is 9.93. The maximum atomic E-state index is 13.8. The van der Waals surface area contributed by atoms with Crippen LogP contribution in [0.1, 0.15) is 12.0 Å². The molecule has 3 rings (SSSR count). The lowest BCUT2D eigenvalue weighted by Crippen LogP contribution is -2.10. The number of allylic oxidation sites excluding steroid dienone is 4. The summed E-state index contributed by atoms with van der Waals surface area (Å²) >= 11 is 0. The largest absolute Gasteiger partial charge is 0.507 e. The summed E-state index contributed by atoms with van der Waals surface area (Å²) in [6.07, 6.45) is 10.5. The zero-order valence-electron chi connectivity index (χ0n) is 12.2. The third-order valence-corrected chi connectivity index (χ3v) is 5.12. The predicted molar refractivity (Wildman–Crippen MR) is 92.2 cm³/mol. The van der Waals surface area contributed by atoms with E-state index < -0.39 is 0 Å². The van der Waals surface area contributed by atoms with Crippen molar-refractivity contribution < 1.29 is 9.50 Å². The summed E-state index contributed by atoms with van der Waals surface area (Å²) in [6.45, 7) is 0. The normalized spacial score (nSPS) is 17.4. The molecule has 2 unspecified atom stereocenters. The van der Waals surface area contributed by atoms with E-state index in [0.717, 1.165) is 18.1 Å². The number of phenolic OH excluding ortho intramolecular Hbond substituents is 1. The molecular weight excluding hydrogens is 294 g/mol. The second-order valence-electron chi connectivity index (χ2n) is 5.47. The Bertz CT molecular complexity index is 721. The Labute approximate surface area is 132 Å². The molecule has 112 valence electrons. The molecule has 1 nitrogen and oxygen atoms in total. The highest BCUT2D eigenvalue weighted by Gasteiger charge is 2.11. The van der Waals surface area contributed by atoms with E-state index in [4.69, 9.17) is 0 Å². The topological polar surface area (TPSA) is 20.2 Å². The first-order valence-electron chi connectivity index (χ1n) is 7.39. The SMILES string of the molecule is Oc1ccc(CC2C=CC=CC2)cc1Pc1ccccc1F. The van der Waals surface area contributed by atoms with Crippen molar-refractivity contribution in [3.05, 3.63) is 78.1 Å². The van der Waals surface area contributed by atoms with Crippen LogP contribution in [0.4, 0.5) is 4.39 Å². The Kier molecular flexibility index (Phi) is 4.70. The van der Waals surface area contributed by atoms with Crippen molar-refractivity contribution >= 4 is 19.2 Å². The summed E-state index contributed by atoms with van der Waals surface area (Å²) in [5, 5.41) is 11.5. The van der Waals surface area contributed by atoms with E-state index in [-0.39, 0.29) is 20.1 Å². The van der Waals surface area contributed by atoms with E-state index in [1.54, 1.807) is 18.2 Å². The van der Waals surface area contributed by atoms with Crippen LogP contribution >= 0.6 is 8.58 Å². The van der Waals surface area contributed by atoms with Crippen LogP contribution in [0.15, 0.2) is 66.8 Å². The first-order chi connectivity index (χ1) is 10.7. The summed E-state index contributed by atoms with van der Waals surface area (Å²) in [4.78, 5) is 0. The summed E-state index contributed by atoms with van der Waals surface area (Å²) in [5.41, 5.74) is 1.18. The fourth-order valence-electron chi connectivity index (χ4n) is 2.60. The van der Waals surface area contributed by atoms with E-state index >= 15 is 0 Å². The number of phenols is 1. The predicted octanol–water partition coefficient (Wildman–Crippen LogP) is 3.84. The van der Waals surface area contributed by atoms with E-state index in [0.29, 0.717) is 11.2 Å². The van der Waals surface area contributed by atoms with E-state index in [1.165, 1.54) is 11.6 Å². The summed E-state index contributed by atoms with van der Waals surface area (Å²) < 4.78 is 13.8. The smallest absolute Gasteiger partial charge is 0.130 e. The molecule has 3 heteroatoms. The van der Waals surface area contributed by atoms with Crippen LogP contribution in [0.25, 0.3) is 0 Å². The molecule has 1 aliphatic carbocycles. The lowest BCUT2D eigenvalue weighted by Gasteiger charge is -2.14. The standard InChI is InChI=1S/C19H18FOP/c20-16-8-4-5-9-18(16)22-19-13-15(10-11-17(19)21)12-14-6-2-1-3-7-14/h1-6,8-11,13-14,21-22H,7,12H2. The molecule has 0 aliphatic heterocycles. The fourth-order valence-corrected chi connectivity index (χ4v) is 3.75. The van der Waals surface area contributed by atoms with Crippen LogP contribution in [0.3, 0.4) is 0 Å². The minimum absolute atomic E-state index is 0.126. The fraction of sp³-hybridized carbons (Fsp3) is 0.158. The van der Waals surface area contributed by atoms with Gasteiger partial charge >= 0.3 is 0 Å². The van der Waals surface area contributed by atoms with Crippen molar-refractivity contribution in [3.63, 3.8) is 0 Å². The molecule has 1 N–H and O–H groups in total. The minimum atomic E-state index is -0.217. The molecular formula is C19H18FOP. The van der Waals surface area contributed by atoms with Gasteiger partial charge in [-0.15, -0.1) is 0 Å². The van der Waals surface area contributed by atoms with Gasteiger partial charge in [-0.3, -0.25) is 0 Å². The maximum absolute atomic E-state index is 13.8. The van der Waals surface area contributed by atoms with Crippen LogP contribution in [-0.2, 0) is 6.42 Å². The molecule has 0 amide bonds. The van der Waals surface area contributed by atoms with Crippen molar-refractivity contribution in [2.75, 3.05) is 0 Å². The highest BCUT2D eigenvalue weighted by Crippen LogP contribution is 2.23. The van der Waals surface area contributed by atoms with Crippen molar-refractivity contribution in [1.29, 1.82) is 0 Å². The highest BCUT2D eigenvalue weighted by atomic mass is 31.1. The number of rotatable bonds is 4. The van der Waals surface area contributed by atoms with Gasteiger partial charge in [-0.05, 0) is 42.5 Å². The number of halogens is 1. The first-order valence-corrected chi connectivity index (χ1v) is 8.39. The van der Waals surface area contributed by atoms with Crippen molar-refractivity contribution in [2.45, 2.75) is 12.8 Å². The maximum Gasteiger partial charge on any atom is 0.130 e. The molecule has 0 fully saturated rings. The molecule has 0 aromatic heterocycles. The van der Waals surface area contributed by atoms with E-state index in [9.17, 15) is 9.50 Å². The second kappa shape index (κ2) is 6.89. The van der Waals surface area contributed by atoms with Crippen molar-refractivity contribution in [1.82, 2.24) is 0 Å². The van der Waals surface area contributed by atoms with Gasteiger partial charge in [0, 0.05) is 10.6 Å². The molecule has 2 aromatic carbocycles. The third kappa shape index (κ3) is 3.64. The summed E-state index contributed by atoms with van der Waals surface area (Å²) in [7, 11) is 0.126. The molecule has 0 saturated heterocycles. The van der Waals surface area contributed by atoms with Gasteiger partial charge in [-0.25, -0.2) is 4.39 Å². The Hall–Kier alpha value is -1.92. The zero-order chi connectivity index (χ0) is 15.4. The Morgan fingerprint density at radius 3 is 2.73 bits per heavy atom. The Morgan fingerprint density at radius 1 is 1.09 bits per heavy atom.